The van der Waals surface area contributed by atoms with Crippen molar-refractivity contribution < 1.29 is 46.8 Å². The van der Waals surface area contributed by atoms with E-state index in [-0.39, 0.29) is 28.3 Å². The van der Waals surface area contributed by atoms with Gasteiger partial charge in [-0.2, -0.15) is 0 Å². The van der Waals surface area contributed by atoms with Crippen molar-refractivity contribution in [3.8, 4) is 11.5 Å². The predicted molar refractivity (Wildman–Crippen MR) is 174 cm³/mol. The Balaban J connectivity index is 0.00000192. The van der Waals surface area contributed by atoms with Gasteiger partial charge in [0, 0.05) is 35.5 Å². The van der Waals surface area contributed by atoms with Gasteiger partial charge < -0.3 is 30.0 Å². The number of aromatic hydroxyl groups is 2. The van der Waals surface area contributed by atoms with E-state index in [4.69, 9.17) is 19.8 Å². The van der Waals surface area contributed by atoms with Gasteiger partial charge in [0.1, 0.15) is 11.5 Å². The van der Waals surface area contributed by atoms with Crippen molar-refractivity contribution in [1.82, 2.24) is 0 Å². The number of hydrogen-bond donors (Lipinski definition) is 2. The molecule has 0 unspecified atom stereocenters. The van der Waals surface area contributed by atoms with E-state index < -0.39 is 11.9 Å². The fourth-order valence-electron chi connectivity index (χ4n) is 4.08. The number of aliphatic imine (C=N–C) groups is 2. The summed E-state index contributed by atoms with van der Waals surface area (Å²) in [6, 6.07) is 15.8. The maximum atomic E-state index is 10.5. The Hall–Kier alpha value is -3.95. The average Bonchev–Trinajstić information content (AvgIpc) is 2.92. The summed E-state index contributed by atoms with van der Waals surface area (Å²) in [6.07, 6.45) is 7.65. The van der Waals surface area contributed by atoms with Crippen molar-refractivity contribution in [3.63, 3.8) is 0 Å². The fraction of sp³-hybridized carbons (Fsp3) is 0.389. The molecule has 0 aliphatic rings. The van der Waals surface area contributed by atoms with E-state index in [1.165, 1.54) is 11.1 Å². The molecule has 2 N–H and O–H groups in total. The maximum Gasteiger partial charge on any atom is 2.00 e. The molecule has 3 aromatic carbocycles. The molecule has 9 heteroatoms. The van der Waals surface area contributed by atoms with Crippen LogP contribution in [0, 0.1) is 25.7 Å². The molecule has 1 radical (unpaired) electrons. The number of hydrogen-bond acceptors (Lipinski definition) is 8. The number of phenols is 2. The fourth-order valence-corrected chi connectivity index (χ4v) is 4.08. The Morgan fingerprint density at radius 1 is 0.689 bits per heavy atom. The second-order valence-corrected chi connectivity index (χ2v) is 11.6. The molecule has 0 aliphatic carbocycles. The van der Waals surface area contributed by atoms with Crippen LogP contribution in [0.2, 0.25) is 0 Å². The van der Waals surface area contributed by atoms with E-state index in [0.717, 1.165) is 73.2 Å². The molecule has 0 fully saturated rings. The third-order valence-corrected chi connectivity index (χ3v) is 6.36. The first-order valence-electron chi connectivity index (χ1n) is 14.8. The molecular weight excluding hydrogens is 615 g/mol. The summed E-state index contributed by atoms with van der Waals surface area (Å²) in [6.45, 7) is 14.7. The van der Waals surface area contributed by atoms with Crippen LogP contribution in [0.1, 0.15) is 87.8 Å². The maximum absolute atomic E-state index is 10.5. The van der Waals surface area contributed by atoms with Crippen molar-refractivity contribution in [2.75, 3.05) is 0 Å². The first kappa shape index (κ1) is 41.0. The topological polar surface area (TPSA) is 145 Å². The molecule has 0 bridgehead atoms. The van der Waals surface area contributed by atoms with Gasteiger partial charge in [0.15, 0.2) is 0 Å². The van der Waals surface area contributed by atoms with Crippen molar-refractivity contribution in [1.29, 1.82) is 0 Å². The molecule has 0 heterocycles. The first-order chi connectivity index (χ1) is 20.6. The molecule has 3 aromatic rings. The van der Waals surface area contributed by atoms with Gasteiger partial charge in [-0.15, -0.1) is 0 Å². The average molecular weight is 662 g/mol. The van der Waals surface area contributed by atoms with Crippen LogP contribution >= 0.6 is 0 Å². The second kappa shape index (κ2) is 20.9. The SMILES string of the molecule is CC(=O)[O-].CC(=O)[O-].Cc1cc(CCC(C)C)cc(C=Nc2ccc(N=Cc3cc(CCC(C)C)cc(C)c3O)cc2)c1O.[Co+2]. The zero-order valence-corrected chi connectivity index (χ0v) is 28.6. The molecule has 245 valence electrons. The Bertz CT molecular complexity index is 1310. The Morgan fingerprint density at radius 3 is 1.24 bits per heavy atom. The second-order valence-electron chi connectivity index (χ2n) is 11.6. The third kappa shape index (κ3) is 17.2. The molecule has 8 nitrogen and oxygen atoms in total. The van der Waals surface area contributed by atoms with Crippen LogP contribution in [0.4, 0.5) is 11.4 Å². The minimum Gasteiger partial charge on any atom is -0.550 e. The quantitative estimate of drug-likeness (QED) is 0.259. The van der Waals surface area contributed by atoms with Gasteiger partial charge in [0.2, 0.25) is 0 Å². The normalized spacial score (nSPS) is 10.7. The molecule has 3 rings (SSSR count). The van der Waals surface area contributed by atoms with Gasteiger partial charge in [-0.1, -0.05) is 39.8 Å². The minimum atomic E-state index is -1.08. The monoisotopic (exact) mass is 661 g/mol. The van der Waals surface area contributed by atoms with Gasteiger partial charge in [-0.25, -0.2) is 0 Å². The summed E-state index contributed by atoms with van der Waals surface area (Å²) < 4.78 is 0. The third-order valence-electron chi connectivity index (χ3n) is 6.36. The smallest absolute Gasteiger partial charge is 0.550 e. The number of phenolic OH excluding ortho intramolecular Hbond substituents is 2. The summed E-state index contributed by atoms with van der Waals surface area (Å²) in [4.78, 5) is 26.9. The molecule has 0 aromatic heterocycles. The summed E-state index contributed by atoms with van der Waals surface area (Å²) in [5.74, 6) is -0.337. The Kier molecular flexibility index (Phi) is 19.1. The van der Waals surface area contributed by atoms with Crippen LogP contribution in [0.5, 0.6) is 11.5 Å². The van der Waals surface area contributed by atoms with E-state index in [2.05, 4.69) is 49.8 Å². The van der Waals surface area contributed by atoms with E-state index in [1.54, 1.807) is 12.4 Å². The molecule has 0 amide bonds. The van der Waals surface area contributed by atoms with E-state index in [9.17, 15) is 10.2 Å². The predicted octanol–water partition coefficient (Wildman–Crippen LogP) is 5.90. The molecule has 0 atom stereocenters. The zero-order valence-electron chi connectivity index (χ0n) is 27.5. The molecule has 0 saturated carbocycles. The van der Waals surface area contributed by atoms with Crippen LogP contribution in [0.25, 0.3) is 0 Å². The molecule has 0 saturated heterocycles. The summed E-state index contributed by atoms with van der Waals surface area (Å²) in [5, 5.41) is 38.8. The van der Waals surface area contributed by atoms with Gasteiger partial charge in [-0.3, -0.25) is 9.98 Å². The molecule has 0 aliphatic heterocycles. The number of nitrogens with zero attached hydrogens (tertiary/aromatic N) is 2. The number of carbonyl (C=O) groups is 2. The van der Waals surface area contributed by atoms with Gasteiger partial charge in [-0.05, 0) is 124 Å². The number of rotatable bonds is 10. The molecule has 45 heavy (non-hydrogen) atoms. The Labute approximate surface area is 278 Å². The van der Waals surface area contributed by atoms with Gasteiger partial charge in [0.25, 0.3) is 0 Å². The number of aliphatic carboxylic acids is 2. The largest absolute Gasteiger partial charge is 2.00 e. The van der Waals surface area contributed by atoms with E-state index in [1.807, 2.05) is 50.2 Å². The number of aryl methyl sites for hydroxylation is 4. The summed E-state index contributed by atoms with van der Waals surface area (Å²) in [5.41, 5.74) is 7.22. The van der Waals surface area contributed by atoms with Gasteiger partial charge in [0.05, 0.1) is 11.4 Å². The van der Waals surface area contributed by atoms with Crippen LogP contribution in [0.15, 0.2) is 58.5 Å². The Morgan fingerprint density at radius 2 is 0.978 bits per heavy atom. The van der Waals surface area contributed by atoms with Gasteiger partial charge >= 0.3 is 16.8 Å². The molecular formula is C36H46CoN2O6. The standard InChI is InChI=1S/C32H40N2O2.2C2H4O2.Co/c1-21(2)7-9-25-15-23(5)31(35)27(17-25)19-33-29-11-13-30(14-12-29)34-20-28-18-26(10-8-22(3)4)16-24(6)32(28)36;2*1-2(3)4;/h11-22,35-36H,7-10H2,1-6H3;2*1H3,(H,3,4);/q;;;+2/p-2. The first-order valence-corrected chi connectivity index (χ1v) is 14.8. The van der Waals surface area contributed by atoms with Crippen molar-refractivity contribution in [2.24, 2.45) is 21.8 Å². The van der Waals surface area contributed by atoms with Crippen molar-refractivity contribution in [3.05, 3.63) is 81.9 Å². The van der Waals surface area contributed by atoms with Crippen LogP contribution < -0.4 is 10.2 Å². The summed E-state index contributed by atoms with van der Waals surface area (Å²) >= 11 is 0. The minimum absolute atomic E-state index is 0. The number of carbonyl (C=O) groups excluding carboxylic acids is 2. The van der Waals surface area contributed by atoms with Crippen LogP contribution in [-0.2, 0) is 39.2 Å². The van der Waals surface area contributed by atoms with Crippen molar-refractivity contribution >= 4 is 35.7 Å². The zero-order chi connectivity index (χ0) is 33.4. The van der Waals surface area contributed by atoms with Crippen molar-refractivity contribution in [2.45, 2.75) is 81.1 Å². The number of carboxylic acid groups (broad SMARTS) is 2. The van der Waals surface area contributed by atoms with E-state index >= 15 is 0 Å². The summed E-state index contributed by atoms with van der Waals surface area (Å²) in [7, 11) is 0. The number of carboxylic acids is 2. The number of benzene rings is 3. The van der Waals surface area contributed by atoms with Crippen LogP contribution in [-0.4, -0.2) is 34.6 Å². The van der Waals surface area contributed by atoms with E-state index in [0.29, 0.717) is 11.8 Å². The van der Waals surface area contributed by atoms with Crippen LogP contribution in [0.3, 0.4) is 0 Å². The molecule has 0 spiro atoms.